The number of aromatic carboxylic acids is 1. The number of carbonyl (C=O) groups is 1. The molecule has 31 heavy (non-hydrogen) atoms. The van der Waals surface area contributed by atoms with Gasteiger partial charge in [0.25, 0.3) is 0 Å². The molecule has 7 heteroatoms. The summed E-state index contributed by atoms with van der Waals surface area (Å²) in [5, 5.41) is 19.0. The second-order valence-electron chi connectivity index (χ2n) is 6.50. The van der Waals surface area contributed by atoms with Crippen LogP contribution in [-0.4, -0.2) is 18.2 Å². The third-order valence-corrected chi connectivity index (χ3v) is 5.42. The minimum atomic E-state index is -1.02. The molecule has 0 fully saturated rings. The molecule has 0 aliphatic carbocycles. The Labute approximate surface area is 198 Å². The predicted molar refractivity (Wildman–Crippen MR) is 128 cm³/mol. The van der Waals surface area contributed by atoms with Crippen molar-refractivity contribution in [3.05, 3.63) is 91.5 Å². The monoisotopic (exact) mass is 545 g/mol. The van der Waals surface area contributed by atoms with Gasteiger partial charge < -0.3 is 14.6 Å². The Kier molecular flexibility index (Phi) is 7.55. The highest BCUT2D eigenvalue weighted by Crippen LogP contribution is 2.38. The molecule has 5 nitrogen and oxygen atoms in total. The Morgan fingerprint density at radius 2 is 1.77 bits per heavy atom. The van der Waals surface area contributed by atoms with E-state index in [0.717, 1.165) is 9.13 Å². The van der Waals surface area contributed by atoms with Crippen LogP contribution >= 0.6 is 34.2 Å². The second-order valence-corrected chi connectivity index (χ2v) is 8.15. The minimum Gasteiger partial charge on any atom is -0.493 e. The number of nitrogens with zero attached hydrogens (tertiary/aromatic N) is 1. The molecule has 0 aliphatic rings. The van der Waals surface area contributed by atoms with Gasteiger partial charge in [-0.15, -0.1) is 0 Å². The maximum Gasteiger partial charge on any atom is 0.335 e. The number of methoxy groups -OCH3 is 1. The molecule has 0 heterocycles. The molecule has 3 aromatic rings. The lowest BCUT2D eigenvalue weighted by atomic mass is 10.0. The van der Waals surface area contributed by atoms with Crippen molar-refractivity contribution in [3.63, 3.8) is 0 Å². The van der Waals surface area contributed by atoms with E-state index in [2.05, 4.69) is 28.7 Å². The van der Waals surface area contributed by atoms with Crippen molar-refractivity contribution in [2.45, 2.75) is 6.61 Å². The molecule has 156 valence electrons. The van der Waals surface area contributed by atoms with Gasteiger partial charge >= 0.3 is 5.97 Å². The predicted octanol–water partition coefficient (Wildman–Crippen LogP) is 6.29. The van der Waals surface area contributed by atoms with Crippen LogP contribution < -0.4 is 9.47 Å². The largest absolute Gasteiger partial charge is 0.493 e. The van der Waals surface area contributed by atoms with Crippen molar-refractivity contribution in [2.24, 2.45) is 0 Å². The fourth-order valence-corrected chi connectivity index (χ4v) is 3.47. The van der Waals surface area contributed by atoms with Gasteiger partial charge in [-0.25, -0.2) is 4.79 Å². The molecule has 0 radical (unpaired) electrons. The lowest BCUT2D eigenvalue weighted by molar-refractivity contribution is 0.0697. The van der Waals surface area contributed by atoms with E-state index < -0.39 is 5.97 Å². The molecule has 1 N–H and O–H groups in total. The van der Waals surface area contributed by atoms with E-state index in [1.807, 2.05) is 24.3 Å². The summed E-state index contributed by atoms with van der Waals surface area (Å²) in [5.74, 6) is -0.154. The third kappa shape index (κ3) is 5.78. The first kappa shape index (κ1) is 22.7. The lowest BCUT2D eigenvalue weighted by Gasteiger charge is -2.14. The summed E-state index contributed by atoms with van der Waals surface area (Å²) in [6, 6.07) is 19.6. The summed E-state index contributed by atoms with van der Waals surface area (Å²) in [5.41, 5.74) is 2.77. The number of hydrogen-bond acceptors (Lipinski definition) is 4. The number of benzene rings is 3. The zero-order valence-corrected chi connectivity index (χ0v) is 19.3. The van der Waals surface area contributed by atoms with Crippen molar-refractivity contribution >= 4 is 51.8 Å². The lowest BCUT2D eigenvalue weighted by Crippen LogP contribution is -1.99. The van der Waals surface area contributed by atoms with Gasteiger partial charge in [0.05, 0.1) is 29.3 Å². The van der Waals surface area contributed by atoms with E-state index >= 15 is 0 Å². The number of nitriles is 1. The average Bonchev–Trinajstić information content (AvgIpc) is 2.77. The van der Waals surface area contributed by atoms with E-state index in [1.165, 1.54) is 19.2 Å². The summed E-state index contributed by atoms with van der Waals surface area (Å²) in [7, 11) is 1.52. The van der Waals surface area contributed by atoms with Crippen LogP contribution in [0.25, 0.3) is 11.6 Å². The summed E-state index contributed by atoms with van der Waals surface area (Å²) in [4.78, 5) is 11.0. The van der Waals surface area contributed by atoms with E-state index in [-0.39, 0.29) is 5.56 Å². The van der Waals surface area contributed by atoms with Gasteiger partial charge in [0.15, 0.2) is 11.5 Å². The molecule has 0 spiro atoms. The van der Waals surface area contributed by atoms with E-state index in [0.29, 0.717) is 39.8 Å². The van der Waals surface area contributed by atoms with Crippen LogP contribution in [0, 0.1) is 14.9 Å². The number of halogens is 2. The fraction of sp³-hybridized carbons (Fsp3) is 0.0833. The van der Waals surface area contributed by atoms with Gasteiger partial charge in [0.1, 0.15) is 6.61 Å². The molecular weight excluding hydrogens is 529 g/mol. The van der Waals surface area contributed by atoms with Gasteiger partial charge in [-0.05, 0) is 81.8 Å². The molecule has 0 saturated heterocycles. The zero-order chi connectivity index (χ0) is 22.4. The quantitative estimate of drug-likeness (QED) is 0.214. The van der Waals surface area contributed by atoms with E-state index in [4.69, 9.17) is 26.2 Å². The number of carboxylic acids is 1. The van der Waals surface area contributed by atoms with Crippen molar-refractivity contribution in [1.29, 1.82) is 5.26 Å². The topological polar surface area (TPSA) is 79.5 Å². The van der Waals surface area contributed by atoms with Crippen LogP contribution in [0.3, 0.4) is 0 Å². The summed E-state index contributed by atoms with van der Waals surface area (Å²) < 4.78 is 12.5. The van der Waals surface area contributed by atoms with Gasteiger partial charge in [0, 0.05) is 3.57 Å². The first-order valence-corrected chi connectivity index (χ1v) is 10.6. The van der Waals surface area contributed by atoms with Crippen molar-refractivity contribution in [2.75, 3.05) is 7.11 Å². The SMILES string of the molecule is COc1cc(/C=C(/C#N)c2ccc(C(=O)O)cc2)cc(Cl)c1OCc1ccc(I)cc1. The van der Waals surface area contributed by atoms with Crippen LogP contribution in [0.15, 0.2) is 60.7 Å². The fourth-order valence-electron chi connectivity index (χ4n) is 2.84. The van der Waals surface area contributed by atoms with Crippen LogP contribution in [-0.2, 0) is 6.61 Å². The molecule has 0 atom stereocenters. The Hall–Kier alpha value is -3.02. The molecule has 0 unspecified atom stereocenters. The minimum absolute atomic E-state index is 0.153. The van der Waals surface area contributed by atoms with E-state index in [9.17, 15) is 10.1 Å². The van der Waals surface area contributed by atoms with Gasteiger partial charge in [-0.1, -0.05) is 35.9 Å². The van der Waals surface area contributed by atoms with Gasteiger partial charge in [0.2, 0.25) is 0 Å². The highest BCUT2D eigenvalue weighted by atomic mass is 127. The molecular formula is C24H17ClINO4. The first-order chi connectivity index (χ1) is 14.9. The Balaban J connectivity index is 1.87. The van der Waals surface area contributed by atoms with Crippen molar-refractivity contribution in [3.8, 4) is 17.6 Å². The van der Waals surface area contributed by atoms with Crippen molar-refractivity contribution in [1.82, 2.24) is 0 Å². The maximum atomic E-state index is 11.0. The molecule has 0 aliphatic heterocycles. The van der Waals surface area contributed by atoms with Crippen LogP contribution in [0.4, 0.5) is 0 Å². The summed E-state index contributed by atoms with van der Waals surface area (Å²) >= 11 is 8.69. The number of rotatable bonds is 7. The molecule has 0 amide bonds. The Morgan fingerprint density at radius 1 is 1.13 bits per heavy atom. The number of ether oxygens (including phenoxy) is 2. The molecule has 0 saturated carbocycles. The summed E-state index contributed by atoms with van der Waals surface area (Å²) in [6.07, 6.45) is 1.66. The van der Waals surface area contributed by atoms with Crippen LogP contribution in [0.5, 0.6) is 11.5 Å². The molecule has 0 aromatic heterocycles. The average molecular weight is 546 g/mol. The van der Waals surface area contributed by atoms with Gasteiger partial charge in [-0.3, -0.25) is 0 Å². The normalized spacial score (nSPS) is 11.0. The molecule has 0 bridgehead atoms. The second kappa shape index (κ2) is 10.3. The third-order valence-electron chi connectivity index (χ3n) is 4.42. The van der Waals surface area contributed by atoms with Gasteiger partial charge in [-0.2, -0.15) is 5.26 Å². The van der Waals surface area contributed by atoms with E-state index in [1.54, 1.807) is 30.3 Å². The van der Waals surface area contributed by atoms with Crippen LogP contribution in [0.1, 0.15) is 27.0 Å². The highest BCUT2D eigenvalue weighted by molar-refractivity contribution is 14.1. The summed E-state index contributed by atoms with van der Waals surface area (Å²) in [6.45, 7) is 0.335. The standard InChI is InChI=1S/C24H17ClINO4/c1-30-22-12-16(10-19(13-27)17-4-6-18(7-5-17)24(28)29)11-21(25)23(22)31-14-15-2-8-20(26)9-3-15/h2-12H,14H2,1H3,(H,28,29)/b19-10-. The highest BCUT2D eigenvalue weighted by Gasteiger charge is 2.13. The van der Waals surface area contributed by atoms with Crippen molar-refractivity contribution < 1.29 is 19.4 Å². The smallest absolute Gasteiger partial charge is 0.335 e. The van der Waals surface area contributed by atoms with Crippen LogP contribution in [0.2, 0.25) is 5.02 Å². The number of hydrogen-bond donors (Lipinski definition) is 1. The molecule has 3 rings (SSSR count). The number of allylic oxidation sites excluding steroid dienone is 1. The Bertz CT molecular complexity index is 1170. The molecule has 3 aromatic carbocycles. The number of carboxylic acid groups (broad SMARTS) is 1. The first-order valence-electron chi connectivity index (χ1n) is 9.11. The Morgan fingerprint density at radius 3 is 2.35 bits per heavy atom. The maximum absolute atomic E-state index is 11.0. The zero-order valence-electron chi connectivity index (χ0n) is 16.4.